The zero-order valence-electron chi connectivity index (χ0n) is 7.36. The van der Waals surface area contributed by atoms with Gasteiger partial charge in [-0.15, -0.1) is 0 Å². The summed E-state index contributed by atoms with van der Waals surface area (Å²) in [7, 11) is 2.01. The van der Waals surface area contributed by atoms with Crippen molar-refractivity contribution < 1.29 is 0 Å². The van der Waals surface area contributed by atoms with Crippen LogP contribution in [0.1, 0.15) is 6.92 Å². The molecule has 2 aliphatic carbocycles. The molecular formula is C10H12N2. The fourth-order valence-corrected chi connectivity index (χ4v) is 2.24. The van der Waals surface area contributed by atoms with E-state index < -0.39 is 0 Å². The van der Waals surface area contributed by atoms with Crippen molar-refractivity contribution in [2.75, 3.05) is 0 Å². The Hall–Kier alpha value is -1.05. The number of fused-ring (bicyclic) bond motifs is 2. The van der Waals surface area contributed by atoms with Crippen molar-refractivity contribution in [2.24, 2.45) is 24.8 Å². The van der Waals surface area contributed by atoms with Crippen LogP contribution in [0.15, 0.2) is 6.20 Å². The summed E-state index contributed by atoms with van der Waals surface area (Å²) in [5.41, 5.74) is 0. The van der Waals surface area contributed by atoms with Gasteiger partial charge in [-0.25, -0.2) is 0 Å². The largest absolute Gasteiger partial charge is 0.268 e. The molecule has 0 N–H and O–H groups in total. The Kier molecular flexibility index (Phi) is 0.978. The zero-order chi connectivity index (χ0) is 8.29. The molecule has 0 amide bonds. The lowest BCUT2D eigenvalue weighted by Crippen LogP contribution is -2.29. The maximum atomic E-state index is 4.23. The molecule has 0 radical (unpaired) electrons. The molecule has 2 nitrogen and oxygen atoms in total. The summed E-state index contributed by atoms with van der Waals surface area (Å²) in [6.45, 7) is 2.32. The van der Waals surface area contributed by atoms with Crippen molar-refractivity contribution in [3.8, 4) is 0 Å². The summed E-state index contributed by atoms with van der Waals surface area (Å²) < 4.78 is 1.97. The first-order valence-electron chi connectivity index (χ1n) is 4.49. The van der Waals surface area contributed by atoms with Crippen LogP contribution < -0.4 is 10.6 Å². The molecule has 3 rings (SSSR count). The second kappa shape index (κ2) is 1.82. The monoisotopic (exact) mass is 160 g/mol. The van der Waals surface area contributed by atoms with Gasteiger partial charge >= 0.3 is 0 Å². The number of aromatic nitrogens is 2. The van der Waals surface area contributed by atoms with E-state index in [1.54, 1.807) is 0 Å². The maximum Gasteiger partial charge on any atom is 0.0639 e. The van der Waals surface area contributed by atoms with Gasteiger partial charge in [0.2, 0.25) is 0 Å². The number of nitrogens with zero attached hydrogens (tertiary/aromatic N) is 2. The van der Waals surface area contributed by atoms with Gasteiger partial charge in [0, 0.05) is 12.3 Å². The molecule has 1 saturated carbocycles. The first kappa shape index (κ1) is 6.46. The normalized spacial score (nSPS) is 36.0. The fourth-order valence-electron chi connectivity index (χ4n) is 2.24. The summed E-state index contributed by atoms with van der Waals surface area (Å²) in [5, 5.41) is 6.86. The summed E-state index contributed by atoms with van der Waals surface area (Å²) in [4.78, 5) is 0. The van der Waals surface area contributed by atoms with E-state index in [0.29, 0.717) is 0 Å². The van der Waals surface area contributed by atoms with Gasteiger partial charge in [-0.3, -0.25) is 4.68 Å². The van der Waals surface area contributed by atoms with Crippen LogP contribution in [0, 0.1) is 17.8 Å². The zero-order valence-corrected chi connectivity index (χ0v) is 7.36. The Bertz CT molecular complexity index is 441. The molecule has 12 heavy (non-hydrogen) atoms. The Morgan fingerprint density at radius 2 is 2.08 bits per heavy atom. The van der Waals surface area contributed by atoms with E-state index in [-0.39, 0.29) is 0 Å². The second-order valence-electron chi connectivity index (χ2n) is 3.96. The van der Waals surface area contributed by atoms with E-state index in [9.17, 15) is 0 Å². The van der Waals surface area contributed by atoms with Crippen LogP contribution in [0.25, 0.3) is 12.2 Å². The third kappa shape index (κ3) is 0.631. The predicted molar refractivity (Wildman–Crippen MR) is 47.5 cm³/mol. The topological polar surface area (TPSA) is 17.8 Å². The van der Waals surface area contributed by atoms with Crippen LogP contribution in [-0.2, 0) is 7.05 Å². The maximum absolute atomic E-state index is 4.23. The third-order valence-electron chi connectivity index (χ3n) is 3.25. The number of hydrogen-bond donors (Lipinski definition) is 0. The molecule has 3 unspecified atom stereocenters. The van der Waals surface area contributed by atoms with E-state index in [1.807, 2.05) is 17.9 Å². The minimum atomic E-state index is 0.799. The molecule has 0 aliphatic heterocycles. The minimum absolute atomic E-state index is 0.799. The Morgan fingerprint density at radius 1 is 1.33 bits per heavy atom. The first-order chi connectivity index (χ1) is 5.77. The van der Waals surface area contributed by atoms with E-state index >= 15 is 0 Å². The van der Waals surface area contributed by atoms with Gasteiger partial charge in [0.15, 0.2) is 0 Å². The van der Waals surface area contributed by atoms with E-state index in [4.69, 9.17) is 0 Å². The van der Waals surface area contributed by atoms with Gasteiger partial charge in [0.05, 0.1) is 11.5 Å². The Labute approximate surface area is 71.2 Å². The quantitative estimate of drug-likeness (QED) is 0.517. The molecule has 1 fully saturated rings. The SMILES string of the molecule is CC1C2C=c3cnn(C)c3=CC12. The van der Waals surface area contributed by atoms with Crippen LogP contribution >= 0.6 is 0 Å². The molecule has 1 aromatic rings. The van der Waals surface area contributed by atoms with Crippen molar-refractivity contribution in [3.63, 3.8) is 0 Å². The molecule has 3 atom stereocenters. The highest BCUT2D eigenvalue weighted by atomic mass is 15.2. The molecule has 2 heteroatoms. The van der Waals surface area contributed by atoms with Crippen molar-refractivity contribution in [1.29, 1.82) is 0 Å². The van der Waals surface area contributed by atoms with Crippen LogP contribution in [0.3, 0.4) is 0 Å². The lowest BCUT2D eigenvalue weighted by atomic mass is 10.2. The van der Waals surface area contributed by atoms with Crippen LogP contribution in [-0.4, -0.2) is 9.78 Å². The summed E-state index contributed by atoms with van der Waals surface area (Å²) in [6, 6.07) is 0. The van der Waals surface area contributed by atoms with E-state index in [1.165, 1.54) is 10.6 Å². The van der Waals surface area contributed by atoms with Gasteiger partial charge in [0.1, 0.15) is 0 Å². The molecule has 62 valence electrons. The second-order valence-corrected chi connectivity index (χ2v) is 3.96. The highest BCUT2D eigenvalue weighted by molar-refractivity contribution is 5.49. The van der Waals surface area contributed by atoms with E-state index in [0.717, 1.165) is 17.8 Å². The van der Waals surface area contributed by atoms with Gasteiger partial charge in [0.25, 0.3) is 0 Å². The van der Waals surface area contributed by atoms with Gasteiger partial charge in [-0.2, -0.15) is 5.10 Å². The molecule has 0 saturated heterocycles. The minimum Gasteiger partial charge on any atom is -0.268 e. The fraction of sp³-hybridized carbons (Fsp3) is 0.500. The van der Waals surface area contributed by atoms with Crippen molar-refractivity contribution in [1.82, 2.24) is 9.78 Å². The van der Waals surface area contributed by atoms with E-state index in [2.05, 4.69) is 24.2 Å². The molecular weight excluding hydrogens is 148 g/mol. The molecule has 1 heterocycles. The van der Waals surface area contributed by atoms with Crippen molar-refractivity contribution in [2.45, 2.75) is 6.92 Å². The average molecular weight is 160 g/mol. The lowest BCUT2D eigenvalue weighted by molar-refractivity contribution is 0.737. The first-order valence-corrected chi connectivity index (χ1v) is 4.49. The summed E-state index contributed by atoms with van der Waals surface area (Å²) in [6.07, 6.45) is 6.71. The Morgan fingerprint density at radius 3 is 2.92 bits per heavy atom. The van der Waals surface area contributed by atoms with Crippen LogP contribution in [0.4, 0.5) is 0 Å². The lowest BCUT2D eigenvalue weighted by Gasteiger charge is -1.93. The van der Waals surface area contributed by atoms with Gasteiger partial charge < -0.3 is 0 Å². The molecule has 0 bridgehead atoms. The van der Waals surface area contributed by atoms with Gasteiger partial charge in [-0.05, 0) is 17.8 Å². The molecule has 1 aromatic heterocycles. The number of rotatable bonds is 0. The number of aryl methyl sites for hydroxylation is 1. The highest BCUT2D eigenvalue weighted by Crippen LogP contribution is 2.48. The highest BCUT2D eigenvalue weighted by Gasteiger charge is 2.44. The average Bonchev–Trinajstić information content (AvgIpc) is 2.54. The molecule has 2 aliphatic rings. The third-order valence-corrected chi connectivity index (χ3v) is 3.25. The summed E-state index contributed by atoms with van der Waals surface area (Å²) in [5.74, 6) is 2.46. The predicted octanol–water partition coefficient (Wildman–Crippen LogP) is -0.123. The van der Waals surface area contributed by atoms with Crippen molar-refractivity contribution in [3.05, 3.63) is 16.8 Å². The summed E-state index contributed by atoms with van der Waals surface area (Å²) >= 11 is 0. The molecule has 0 spiro atoms. The smallest absolute Gasteiger partial charge is 0.0639 e. The van der Waals surface area contributed by atoms with Gasteiger partial charge in [-0.1, -0.05) is 19.1 Å². The van der Waals surface area contributed by atoms with Crippen LogP contribution in [0.5, 0.6) is 0 Å². The van der Waals surface area contributed by atoms with Crippen LogP contribution in [0.2, 0.25) is 0 Å². The Balaban J connectivity index is 2.32. The standard InChI is InChI=1S/C10H12N2/c1-6-8-3-7-5-11-12(2)10(7)4-9(6)8/h3-6,8-9H,1-2H3. The molecule has 0 aromatic carbocycles. The van der Waals surface area contributed by atoms with Crippen molar-refractivity contribution >= 4 is 12.2 Å². The number of hydrogen-bond acceptors (Lipinski definition) is 1.